The first-order valence-electron chi connectivity index (χ1n) is 15.4. The molecule has 0 radical (unpaired) electrons. The molecule has 4 aromatic rings. The smallest absolute Gasteiger partial charge is 0.381 e. The van der Waals surface area contributed by atoms with Crippen molar-refractivity contribution in [3.05, 3.63) is 58.9 Å². The zero-order valence-corrected chi connectivity index (χ0v) is 26.7. The van der Waals surface area contributed by atoms with Crippen LogP contribution in [0.2, 0.25) is 5.02 Å². The number of rotatable bonds is 6. The van der Waals surface area contributed by atoms with Crippen molar-refractivity contribution >= 4 is 69.1 Å². The summed E-state index contributed by atoms with van der Waals surface area (Å²) < 4.78 is 45.2. The van der Waals surface area contributed by atoms with Crippen molar-refractivity contribution in [1.82, 2.24) is 25.1 Å². The van der Waals surface area contributed by atoms with Gasteiger partial charge in [-0.05, 0) is 54.8 Å². The van der Waals surface area contributed by atoms with Crippen molar-refractivity contribution in [2.45, 2.75) is 43.8 Å². The zero-order chi connectivity index (χ0) is 33.9. The van der Waals surface area contributed by atoms with Crippen LogP contribution < -0.4 is 25.8 Å². The molecule has 12 nitrogen and oxygen atoms in total. The molecule has 3 aliphatic rings. The van der Waals surface area contributed by atoms with E-state index in [0.717, 1.165) is 11.3 Å². The van der Waals surface area contributed by atoms with Crippen LogP contribution >= 0.6 is 11.6 Å². The number of carbonyl (C=O) groups excluding carboxylic acids is 3. The number of fused-ring (bicyclic) bond motifs is 2. The maximum absolute atomic E-state index is 14.5. The largest absolute Gasteiger partial charge is 0.395 e. The first kappa shape index (κ1) is 31.7. The van der Waals surface area contributed by atoms with E-state index in [1.165, 1.54) is 11.1 Å². The summed E-state index contributed by atoms with van der Waals surface area (Å²) in [4.78, 5) is 48.0. The minimum Gasteiger partial charge on any atom is -0.381 e. The van der Waals surface area contributed by atoms with E-state index in [4.69, 9.17) is 11.6 Å². The minimum absolute atomic E-state index is 0.0157. The fraction of sp³-hybridized carbons (Fsp3) is 0.375. The van der Waals surface area contributed by atoms with Crippen molar-refractivity contribution in [1.29, 1.82) is 0 Å². The van der Waals surface area contributed by atoms with Gasteiger partial charge in [0, 0.05) is 62.1 Å². The molecule has 16 heteroatoms. The van der Waals surface area contributed by atoms with E-state index in [-0.39, 0.29) is 61.0 Å². The molecule has 2 fully saturated rings. The van der Waals surface area contributed by atoms with Crippen molar-refractivity contribution < 1.29 is 27.6 Å². The van der Waals surface area contributed by atoms with Gasteiger partial charge in [0.1, 0.15) is 5.02 Å². The van der Waals surface area contributed by atoms with Crippen LogP contribution in [-0.2, 0) is 27.9 Å². The second-order valence-corrected chi connectivity index (χ2v) is 12.7. The summed E-state index contributed by atoms with van der Waals surface area (Å²) in [7, 11) is 3.42. The average Bonchev–Trinajstić information content (AvgIpc) is 3.51. The Morgan fingerprint density at radius 2 is 1.83 bits per heavy atom. The Morgan fingerprint density at radius 3 is 2.60 bits per heavy atom. The van der Waals surface area contributed by atoms with Gasteiger partial charge in [0.15, 0.2) is 5.82 Å². The lowest BCUT2D eigenvalue weighted by atomic mass is 9.91. The van der Waals surface area contributed by atoms with Crippen LogP contribution in [0.3, 0.4) is 0 Å². The standard InChI is InChI=1S/C32H31ClF3N9O3/c1-43-24-7-4-17(11-16(24)12-27(43)47)39-29-22(33)14-37-31(41-29)45-10-9-23(21(15-45)32(34,35)36)38-18-3-5-19-25(13-18)44(2)42-28(19)20-6-8-26(46)40-30(20)48/h3-5,7,11,13-14,20-21,23,38H,6,8-10,12,15H2,1-2H3,(H,37,39,41)(H,40,46,48)/t20?,21-,23+/m0/s1. The van der Waals surface area contributed by atoms with Gasteiger partial charge in [-0.1, -0.05) is 11.6 Å². The Balaban J connectivity index is 1.08. The molecule has 7 rings (SSSR count). The quantitative estimate of drug-likeness (QED) is 0.248. The molecule has 2 aromatic heterocycles. The number of anilines is 5. The number of aryl methyl sites for hydroxylation is 1. The van der Waals surface area contributed by atoms with Crippen molar-refractivity contribution in [3.8, 4) is 0 Å². The number of amides is 3. The summed E-state index contributed by atoms with van der Waals surface area (Å²) in [5, 5.41) is 14.0. The molecule has 0 bridgehead atoms. The van der Waals surface area contributed by atoms with E-state index < -0.39 is 30.0 Å². The van der Waals surface area contributed by atoms with Gasteiger partial charge in [0.05, 0.1) is 35.7 Å². The van der Waals surface area contributed by atoms with E-state index >= 15 is 0 Å². The lowest BCUT2D eigenvalue weighted by molar-refractivity contribution is -0.178. The summed E-state index contributed by atoms with van der Waals surface area (Å²) in [5.74, 6) is -2.72. The highest BCUT2D eigenvalue weighted by molar-refractivity contribution is 6.33. The highest BCUT2D eigenvalue weighted by Crippen LogP contribution is 2.38. The molecule has 2 aromatic carbocycles. The van der Waals surface area contributed by atoms with Gasteiger partial charge >= 0.3 is 6.18 Å². The number of benzene rings is 2. The van der Waals surface area contributed by atoms with Gasteiger partial charge in [-0.2, -0.15) is 23.3 Å². The molecule has 3 N–H and O–H groups in total. The van der Waals surface area contributed by atoms with Crippen LogP contribution in [0.25, 0.3) is 10.9 Å². The molecule has 1 unspecified atom stereocenters. The van der Waals surface area contributed by atoms with Crippen molar-refractivity contribution in [3.63, 3.8) is 0 Å². The third-order valence-corrected chi connectivity index (χ3v) is 9.54. The Labute approximate surface area is 277 Å². The Bertz CT molecular complexity index is 1970. The number of likely N-dealkylation sites (N-methyl/N-ethyl adjacent to an activating group) is 1. The molecule has 0 aliphatic carbocycles. The SMILES string of the molecule is CN1C(=O)Cc2cc(Nc3nc(N4CC[C@@H](Nc5ccc6c(C7CCC(=O)NC7=O)nn(C)c6c5)[C@@H](C(F)(F)F)C4)ncc3Cl)ccc21. The summed E-state index contributed by atoms with van der Waals surface area (Å²) in [5.41, 5.74) is 3.96. The molecule has 3 amide bonds. The molecule has 48 heavy (non-hydrogen) atoms. The molecule has 0 saturated carbocycles. The Kier molecular flexibility index (Phi) is 7.89. The first-order chi connectivity index (χ1) is 22.9. The fourth-order valence-corrected chi connectivity index (χ4v) is 6.86. The molecule has 3 atom stereocenters. The second kappa shape index (κ2) is 12.0. The van der Waals surface area contributed by atoms with E-state index in [0.29, 0.717) is 34.4 Å². The van der Waals surface area contributed by atoms with Crippen molar-refractivity contribution in [2.75, 3.05) is 40.6 Å². The molecule has 2 saturated heterocycles. The number of halogens is 4. The van der Waals surface area contributed by atoms with Gasteiger partial charge in [0.25, 0.3) is 0 Å². The van der Waals surface area contributed by atoms with Gasteiger partial charge in [-0.3, -0.25) is 24.4 Å². The molecule has 5 heterocycles. The van der Waals surface area contributed by atoms with Crippen LogP contribution in [0.15, 0.2) is 42.6 Å². The van der Waals surface area contributed by atoms with Gasteiger partial charge in [-0.25, -0.2) is 4.98 Å². The summed E-state index contributed by atoms with van der Waals surface area (Å²) in [6, 6.07) is 9.64. The number of nitrogens with one attached hydrogen (secondary N) is 3. The summed E-state index contributed by atoms with van der Waals surface area (Å²) in [6.45, 7) is -0.116. The lowest BCUT2D eigenvalue weighted by Crippen LogP contribution is -2.52. The number of hydrogen-bond acceptors (Lipinski definition) is 9. The van der Waals surface area contributed by atoms with Gasteiger partial charge in [-0.15, -0.1) is 0 Å². The van der Waals surface area contributed by atoms with Gasteiger partial charge in [0.2, 0.25) is 23.7 Å². The van der Waals surface area contributed by atoms with Crippen LogP contribution in [0.1, 0.15) is 36.4 Å². The first-order valence-corrected chi connectivity index (χ1v) is 15.8. The van der Waals surface area contributed by atoms with Gasteiger partial charge < -0.3 is 20.4 Å². The molecule has 3 aliphatic heterocycles. The number of aromatic nitrogens is 4. The highest BCUT2D eigenvalue weighted by atomic mass is 35.5. The van der Waals surface area contributed by atoms with E-state index in [1.54, 1.807) is 47.9 Å². The summed E-state index contributed by atoms with van der Waals surface area (Å²) in [6.07, 6.45) is -2.20. The van der Waals surface area contributed by atoms with E-state index in [9.17, 15) is 27.6 Å². The van der Waals surface area contributed by atoms with E-state index in [2.05, 4.69) is 31.0 Å². The van der Waals surface area contributed by atoms with Crippen LogP contribution in [-0.4, -0.2) is 69.8 Å². The number of hydrogen-bond donors (Lipinski definition) is 3. The highest BCUT2D eigenvalue weighted by Gasteiger charge is 2.48. The Morgan fingerprint density at radius 1 is 1.04 bits per heavy atom. The van der Waals surface area contributed by atoms with Crippen LogP contribution in [0.4, 0.5) is 42.0 Å². The van der Waals surface area contributed by atoms with Crippen LogP contribution in [0, 0.1) is 5.92 Å². The number of carbonyl (C=O) groups is 3. The van der Waals surface area contributed by atoms with Crippen LogP contribution in [0.5, 0.6) is 0 Å². The third kappa shape index (κ3) is 5.86. The molecule has 0 spiro atoms. The number of alkyl halides is 3. The van der Waals surface area contributed by atoms with E-state index in [1.807, 2.05) is 12.1 Å². The normalized spacial score (nSPS) is 21.5. The zero-order valence-electron chi connectivity index (χ0n) is 25.9. The predicted molar refractivity (Wildman–Crippen MR) is 174 cm³/mol. The minimum atomic E-state index is -4.52. The summed E-state index contributed by atoms with van der Waals surface area (Å²) >= 11 is 6.38. The fourth-order valence-electron chi connectivity index (χ4n) is 6.72. The molecule has 250 valence electrons. The third-order valence-electron chi connectivity index (χ3n) is 9.27. The lowest BCUT2D eigenvalue weighted by Gasteiger charge is -2.40. The topological polar surface area (TPSA) is 137 Å². The maximum atomic E-state index is 14.5. The molecular formula is C32H31ClF3N9O3. The number of piperidine rings is 2. The number of imide groups is 1. The molecular weight excluding hydrogens is 651 g/mol. The average molecular weight is 682 g/mol. The second-order valence-electron chi connectivity index (χ2n) is 12.3. The monoisotopic (exact) mass is 681 g/mol. The van der Waals surface area contributed by atoms with Crippen molar-refractivity contribution in [2.24, 2.45) is 13.0 Å². The number of nitrogens with zero attached hydrogens (tertiary/aromatic N) is 6. The maximum Gasteiger partial charge on any atom is 0.395 e. The predicted octanol–water partition coefficient (Wildman–Crippen LogP) is 4.67. The Hall–Kier alpha value is -4.92.